The average molecular weight is 314 g/mol. The zero-order chi connectivity index (χ0) is 13.3. The predicted molar refractivity (Wildman–Crippen MR) is 65.6 cm³/mol. The number of carbonyl (C=O) groups is 1. The van der Waals surface area contributed by atoms with Crippen LogP contribution >= 0.6 is 15.9 Å². The number of carboxylic acids is 1. The van der Waals surface area contributed by atoms with Gasteiger partial charge in [-0.25, -0.2) is 9.18 Å². The fourth-order valence-electron chi connectivity index (χ4n) is 1.68. The monoisotopic (exact) mass is 313 g/mol. The number of aryl methyl sites for hydroxylation is 1. The first-order valence-electron chi connectivity index (χ1n) is 5.04. The largest absolute Gasteiger partial charge is 0.478 e. The molecule has 1 aromatic carbocycles. The highest BCUT2D eigenvalue weighted by atomic mass is 79.9. The van der Waals surface area contributed by atoms with Crippen molar-refractivity contribution in [3.8, 4) is 5.69 Å². The number of alkyl halides is 1. The number of hydrogen-bond acceptors (Lipinski definition) is 3. The van der Waals surface area contributed by atoms with E-state index in [0.717, 1.165) is 6.07 Å². The summed E-state index contributed by atoms with van der Waals surface area (Å²) < 4.78 is 14.7. The molecule has 2 aromatic rings. The molecule has 1 aromatic heterocycles. The maximum atomic E-state index is 13.1. The third-order valence-corrected chi connectivity index (χ3v) is 2.94. The second kappa shape index (κ2) is 4.85. The minimum Gasteiger partial charge on any atom is -0.478 e. The molecule has 0 atom stereocenters. The second-order valence-electron chi connectivity index (χ2n) is 3.60. The molecule has 94 valence electrons. The zero-order valence-electron chi connectivity index (χ0n) is 9.39. The van der Waals surface area contributed by atoms with Crippen LogP contribution in [0.4, 0.5) is 4.39 Å². The molecule has 18 heavy (non-hydrogen) atoms. The van der Waals surface area contributed by atoms with Crippen LogP contribution < -0.4 is 0 Å². The third-order valence-electron chi connectivity index (χ3n) is 2.44. The second-order valence-corrected chi connectivity index (χ2v) is 4.16. The SMILES string of the molecule is Cc1nnc(CBr)n1-c1ccc(F)cc1C(=O)O. The van der Waals surface area contributed by atoms with Crippen LogP contribution in [0.25, 0.3) is 5.69 Å². The van der Waals surface area contributed by atoms with E-state index in [0.29, 0.717) is 22.7 Å². The molecule has 1 N–H and O–H groups in total. The fraction of sp³-hybridized carbons (Fsp3) is 0.182. The first kappa shape index (κ1) is 12.7. The van der Waals surface area contributed by atoms with Gasteiger partial charge in [0.1, 0.15) is 17.5 Å². The van der Waals surface area contributed by atoms with E-state index in [4.69, 9.17) is 5.11 Å². The highest BCUT2D eigenvalue weighted by Gasteiger charge is 2.17. The van der Waals surface area contributed by atoms with Crippen LogP contribution in [0, 0.1) is 12.7 Å². The smallest absolute Gasteiger partial charge is 0.337 e. The molecule has 0 amide bonds. The van der Waals surface area contributed by atoms with E-state index in [1.807, 2.05) is 0 Å². The van der Waals surface area contributed by atoms with Gasteiger partial charge in [0.15, 0.2) is 0 Å². The Balaban J connectivity index is 2.70. The molecule has 0 spiro atoms. The van der Waals surface area contributed by atoms with Crippen molar-refractivity contribution < 1.29 is 14.3 Å². The number of nitrogens with zero attached hydrogens (tertiary/aromatic N) is 3. The molecule has 0 bridgehead atoms. The average Bonchev–Trinajstić information content (AvgIpc) is 2.70. The summed E-state index contributed by atoms with van der Waals surface area (Å²) in [7, 11) is 0. The summed E-state index contributed by atoms with van der Waals surface area (Å²) in [6.45, 7) is 1.70. The molecule has 0 radical (unpaired) electrons. The van der Waals surface area contributed by atoms with Gasteiger partial charge in [0.25, 0.3) is 0 Å². The molecule has 0 saturated heterocycles. The van der Waals surface area contributed by atoms with Crippen molar-refractivity contribution in [2.75, 3.05) is 0 Å². The van der Waals surface area contributed by atoms with Gasteiger partial charge in [0.05, 0.1) is 16.6 Å². The number of benzene rings is 1. The van der Waals surface area contributed by atoms with Gasteiger partial charge in [-0.05, 0) is 25.1 Å². The lowest BCUT2D eigenvalue weighted by Gasteiger charge is -2.10. The highest BCUT2D eigenvalue weighted by Crippen LogP contribution is 2.20. The Bertz CT molecular complexity index is 612. The van der Waals surface area contributed by atoms with E-state index in [9.17, 15) is 9.18 Å². The first-order valence-corrected chi connectivity index (χ1v) is 6.17. The molecule has 0 saturated carbocycles. The summed E-state index contributed by atoms with van der Waals surface area (Å²) in [5.41, 5.74) is 0.223. The maximum Gasteiger partial charge on any atom is 0.337 e. The Kier molecular flexibility index (Phi) is 3.42. The third kappa shape index (κ3) is 2.13. The van der Waals surface area contributed by atoms with Gasteiger partial charge in [0, 0.05) is 0 Å². The van der Waals surface area contributed by atoms with Crippen molar-refractivity contribution in [3.63, 3.8) is 0 Å². The molecular weight excluding hydrogens is 305 g/mol. The van der Waals surface area contributed by atoms with Gasteiger partial charge >= 0.3 is 5.97 Å². The molecule has 7 heteroatoms. The van der Waals surface area contributed by atoms with Crippen LogP contribution in [0.15, 0.2) is 18.2 Å². The number of aromatic nitrogens is 3. The lowest BCUT2D eigenvalue weighted by atomic mass is 10.1. The van der Waals surface area contributed by atoms with Crippen LogP contribution in [0.3, 0.4) is 0 Å². The predicted octanol–water partition coefficient (Wildman–Crippen LogP) is 2.31. The topological polar surface area (TPSA) is 68.0 Å². The Hall–Kier alpha value is -1.76. The van der Waals surface area contributed by atoms with E-state index in [1.54, 1.807) is 11.5 Å². The van der Waals surface area contributed by atoms with Crippen molar-refractivity contribution in [1.29, 1.82) is 0 Å². The molecule has 0 unspecified atom stereocenters. The lowest BCUT2D eigenvalue weighted by Crippen LogP contribution is -2.09. The minimum atomic E-state index is -1.20. The van der Waals surface area contributed by atoms with Crippen LogP contribution in [0.5, 0.6) is 0 Å². The van der Waals surface area contributed by atoms with Gasteiger partial charge in [-0.2, -0.15) is 0 Å². The Labute approximate surface area is 110 Å². The molecule has 5 nitrogen and oxygen atoms in total. The summed E-state index contributed by atoms with van der Waals surface area (Å²) in [6, 6.07) is 3.59. The van der Waals surface area contributed by atoms with Gasteiger partial charge < -0.3 is 5.11 Å². The van der Waals surface area contributed by atoms with Crippen molar-refractivity contribution in [2.24, 2.45) is 0 Å². The van der Waals surface area contributed by atoms with Crippen molar-refractivity contribution >= 4 is 21.9 Å². The Morgan fingerprint density at radius 1 is 1.50 bits per heavy atom. The molecule has 0 aliphatic carbocycles. The van der Waals surface area contributed by atoms with E-state index in [2.05, 4.69) is 26.1 Å². The van der Waals surface area contributed by atoms with E-state index in [1.165, 1.54) is 12.1 Å². The summed E-state index contributed by atoms with van der Waals surface area (Å²) in [4.78, 5) is 11.1. The standard InChI is InChI=1S/C11H9BrFN3O2/c1-6-14-15-10(5-12)16(6)9-3-2-7(13)4-8(9)11(17)18/h2-4H,5H2,1H3,(H,17,18). The van der Waals surface area contributed by atoms with Gasteiger partial charge in [0.2, 0.25) is 0 Å². The Morgan fingerprint density at radius 3 is 2.83 bits per heavy atom. The fourth-order valence-corrected chi connectivity index (χ4v) is 2.04. The summed E-state index contributed by atoms with van der Waals surface area (Å²) in [5.74, 6) is -0.694. The number of hydrogen-bond donors (Lipinski definition) is 1. The molecular formula is C11H9BrFN3O2. The van der Waals surface area contributed by atoms with Crippen LogP contribution in [-0.4, -0.2) is 25.8 Å². The number of carboxylic acid groups (broad SMARTS) is 1. The van der Waals surface area contributed by atoms with Crippen molar-refractivity contribution in [3.05, 3.63) is 41.2 Å². The minimum absolute atomic E-state index is 0.125. The summed E-state index contributed by atoms with van der Waals surface area (Å²) >= 11 is 3.25. The quantitative estimate of drug-likeness (QED) is 0.883. The molecule has 0 aliphatic heterocycles. The molecule has 2 rings (SSSR count). The van der Waals surface area contributed by atoms with Crippen molar-refractivity contribution in [1.82, 2.24) is 14.8 Å². The van der Waals surface area contributed by atoms with Crippen LogP contribution in [0.1, 0.15) is 22.0 Å². The van der Waals surface area contributed by atoms with Crippen LogP contribution in [-0.2, 0) is 5.33 Å². The normalized spacial score (nSPS) is 10.6. The molecule has 0 fully saturated rings. The van der Waals surface area contributed by atoms with Crippen LogP contribution in [0.2, 0.25) is 0 Å². The number of rotatable bonds is 3. The van der Waals surface area contributed by atoms with Gasteiger partial charge in [-0.3, -0.25) is 4.57 Å². The highest BCUT2D eigenvalue weighted by molar-refractivity contribution is 9.08. The molecule has 1 heterocycles. The summed E-state index contributed by atoms with van der Waals surface area (Å²) in [5, 5.41) is 17.3. The number of halogens is 2. The summed E-state index contributed by atoms with van der Waals surface area (Å²) in [6.07, 6.45) is 0. The maximum absolute atomic E-state index is 13.1. The molecule has 0 aliphatic rings. The Morgan fingerprint density at radius 2 is 2.22 bits per heavy atom. The first-order chi connectivity index (χ1) is 8.54. The zero-order valence-corrected chi connectivity index (χ0v) is 11.0. The lowest BCUT2D eigenvalue weighted by molar-refractivity contribution is 0.0696. The van der Waals surface area contributed by atoms with E-state index in [-0.39, 0.29) is 5.56 Å². The van der Waals surface area contributed by atoms with E-state index < -0.39 is 11.8 Å². The number of aromatic carboxylic acids is 1. The van der Waals surface area contributed by atoms with Crippen molar-refractivity contribution in [2.45, 2.75) is 12.3 Å². The van der Waals surface area contributed by atoms with E-state index >= 15 is 0 Å². The van der Waals surface area contributed by atoms with Gasteiger partial charge in [-0.15, -0.1) is 10.2 Å². The van der Waals surface area contributed by atoms with Gasteiger partial charge in [-0.1, -0.05) is 15.9 Å².